The van der Waals surface area contributed by atoms with Crippen molar-refractivity contribution in [3.63, 3.8) is 0 Å². The summed E-state index contributed by atoms with van der Waals surface area (Å²) in [6, 6.07) is 7.65. The fourth-order valence-corrected chi connectivity index (χ4v) is 2.57. The number of amides is 1. The van der Waals surface area contributed by atoms with E-state index < -0.39 is 0 Å². The summed E-state index contributed by atoms with van der Waals surface area (Å²) in [7, 11) is 3.50. The van der Waals surface area contributed by atoms with Crippen LogP contribution in [0.4, 0.5) is 0 Å². The number of nitrogens with one attached hydrogen (secondary N) is 1. The number of para-hydroxylation sites is 2. The molecule has 1 aromatic rings. The van der Waals surface area contributed by atoms with Crippen LogP contribution >= 0.6 is 0 Å². The van der Waals surface area contributed by atoms with Crippen LogP contribution < -0.4 is 14.8 Å². The number of hydrogen-bond acceptors (Lipinski definition) is 4. The molecular weight excluding hydrogens is 256 g/mol. The predicted molar refractivity (Wildman–Crippen MR) is 77.2 cm³/mol. The molecule has 0 unspecified atom stereocenters. The minimum absolute atomic E-state index is 0.0358. The highest BCUT2D eigenvalue weighted by Crippen LogP contribution is 2.26. The lowest BCUT2D eigenvalue weighted by Gasteiger charge is -2.24. The molecule has 1 heterocycles. The van der Waals surface area contributed by atoms with Gasteiger partial charge >= 0.3 is 0 Å². The average molecular weight is 278 g/mol. The average Bonchev–Trinajstić information content (AvgIpc) is 2.94. The van der Waals surface area contributed by atoms with Crippen molar-refractivity contribution in [2.45, 2.75) is 18.9 Å². The van der Waals surface area contributed by atoms with E-state index >= 15 is 0 Å². The number of carbonyl (C=O) groups excluding carboxylic acids is 1. The summed E-state index contributed by atoms with van der Waals surface area (Å²) in [6.45, 7) is 1.71. The Morgan fingerprint density at radius 3 is 2.85 bits per heavy atom. The minimum atomic E-state index is 0.0358. The van der Waals surface area contributed by atoms with Crippen molar-refractivity contribution < 1.29 is 14.3 Å². The first-order valence-corrected chi connectivity index (χ1v) is 6.96. The molecule has 1 saturated heterocycles. The summed E-state index contributed by atoms with van der Waals surface area (Å²) in [4.78, 5) is 14.1. The van der Waals surface area contributed by atoms with Crippen molar-refractivity contribution in [2.24, 2.45) is 0 Å². The summed E-state index contributed by atoms with van der Waals surface area (Å²) in [5.74, 6) is 1.29. The fourth-order valence-electron chi connectivity index (χ4n) is 2.57. The van der Waals surface area contributed by atoms with E-state index in [1.54, 1.807) is 13.2 Å². The van der Waals surface area contributed by atoms with E-state index in [4.69, 9.17) is 9.47 Å². The van der Waals surface area contributed by atoms with Crippen LogP contribution in [0.2, 0.25) is 0 Å². The molecule has 5 heteroatoms. The molecule has 1 amide bonds. The van der Waals surface area contributed by atoms with E-state index in [2.05, 4.69) is 5.32 Å². The predicted octanol–water partition coefficient (Wildman–Crippen LogP) is 1.28. The first kappa shape index (κ1) is 14.7. The Kier molecular flexibility index (Phi) is 5.24. The lowest BCUT2D eigenvalue weighted by Crippen LogP contribution is -2.43. The van der Waals surface area contributed by atoms with E-state index in [1.165, 1.54) is 0 Å². The van der Waals surface area contributed by atoms with Gasteiger partial charge in [-0.05, 0) is 32.0 Å². The monoisotopic (exact) mass is 278 g/mol. The molecule has 1 N–H and O–H groups in total. The zero-order valence-corrected chi connectivity index (χ0v) is 12.1. The van der Waals surface area contributed by atoms with Crippen molar-refractivity contribution in [1.82, 2.24) is 10.2 Å². The number of rotatable bonds is 6. The Labute approximate surface area is 119 Å². The second-order valence-electron chi connectivity index (χ2n) is 4.88. The smallest absolute Gasteiger partial charge is 0.260 e. The Morgan fingerprint density at radius 2 is 2.15 bits per heavy atom. The van der Waals surface area contributed by atoms with Gasteiger partial charge in [0.15, 0.2) is 18.1 Å². The van der Waals surface area contributed by atoms with Gasteiger partial charge in [-0.15, -0.1) is 0 Å². The molecule has 0 radical (unpaired) electrons. The van der Waals surface area contributed by atoms with E-state index in [-0.39, 0.29) is 18.6 Å². The van der Waals surface area contributed by atoms with Crippen molar-refractivity contribution in [2.75, 3.05) is 33.9 Å². The van der Waals surface area contributed by atoms with Crippen LogP contribution in [0.25, 0.3) is 0 Å². The molecule has 1 aromatic carbocycles. The largest absolute Gasteiger partial charge is 0.493 e. The third-order valence-electron chi connectivity index (χ3n) is 3.56. The molecule has 110 valence electrons. The van der Waals surface area contributed by atoms with Crippen LogP contribution in [0.15, 0.2) is 24.3 Å². The topological polar surface area (TPSA) is 50.8 Å². The SMILES string of the molecule is CNC[C@@H]1CCCN1C(=O)COc1ccccc1OC. The molecule has 0 aliphatic carbocycles. The second kappa shape index (κ2) is 7.14. The number of methoxy groups -OCH3 is 1. The Bertz CT molecular complexity index is 450. The number of hydrogen-bond donors (Lipinski definition) is 1. The van der Waals surface area contributed by atoms with Crippen LogP contribution in [-0.4, -0.2) is 50.7 Å². The number of ether oxygens (including phenoxy) is 2. The molecule has 0 spiro atoms. The standard InChI is InChI=1S/C15H22N2O3/c1-16-10-12-6-5-9-17(12)15(18)11-20-14-8-4-3-7-13(14)19-2/h3-4,7-8,12,16H,5-6,9-11H2,1-2H3/t12-/m0/s1. The molecule has 2 rings (SSSR count). The highest BCUT2D eigenvalue weighted by molar-refractivity contribution is 5.78. The van der Waals surface area contributed by atoms with Crippen LogP contribution in [-0.2, 0) is 4.79 Å². The molecular formula is C15H22N2O3. The maximum atomic E-state index is 12.2. The van der Waals surface area contributed by atoms with Crippen LogP contribution in [0, 0.1) is 0 Å². The van der Waals surface area contributed by atoms with Gasteiger partial charge in [0.25, 0.3) is 5.91 Å². The van der Waals surface area contributed by atoms with E-state index in [0.717, 1.165) is 25.9 Å². The molecule has 1 aliphatic heterocycles. The molecule has 5 nitrogen and oxygen atoms in total. The van der Waals surface area contributed by atoms with Gasteiger partial charge in [0.1, 0.15) is 0 Å². The van der Waals surface area contributed by atoms with Crippen LogP contribution in [0.5, 0.6) is 11.5 Å². The molecule has 0 aromatic heterocycles. The van der Waals surface area contributed by atoms with Gasteiger partial charge < -0.3 is 19.7 Å². The lowest BCUT2D eigenvalue weighted by atomic mass is 10.2. The Balaban J connectivity index is 1.91. The highest BCUT2D eigenvalue weighted by Gasteiger charge is 2.28. The molecule has 20 heavy (non-hydrogen) atoms. The quantitative estimate of drug-likeness (QED) is 0.852. The number of likely N-dealkylation sites (N-methyl/N-ethyl adjacent to an activating group) is 1. The van der Waals surface area contributed by atoms with Crippen molar-refractivity contribution in [1.29, 1.82) is 0 Å². The normalized spacial score (nSPS) is 18.1. The molecule has 0 saturated carbocycles. The first-order chi connectivity index (χ1) is 9.76. The Morgan fingerprint density at radius 1 is 1.40 bits per heavy atom. The van der Waals surface area contributed by atoms with Gasteiger partial charge in [-0.25, -0.2) is 0 Å². The van der Waals surface area contributed by atoms with Crippen molar-refractivity contribution in [3.8, 4) is 11.5 Å². The van der Waals surface area contributed by atoms with E-state index in [9.17, 15) is 4.79 Å². The maximum absolute atomic E-state index is 12.2. The van der Waals surface area contributed by atoms with Gasteiger partial charge in [0, 0.05) is 19.1 Å². The van der Waals surface area contributed by atoms with Gasteiger partial charge in [-0.3, -0.25) is 4.79 Å². The number of carbonyl (C=O) groups is 1. The molecule has 0 bridgehead atoms. The van der Waals surface area contributed by atoms with Gasteiger partial charge in [0.2, 0.25) is 0 Å². The minimum Gasteiger partial charge on any atom is -0.493 e. The van der Waals surface area contributed by atoms with Gasteiger partial charge in [0.05, 0.1) is 7.11 Å². The van der Waals surface area contributed by atoms with E-state index in [0.29, 0.717) is 11.5 Å². The van der Waals surface area contributed by atoms with Crippen molar-refractivity contribution in [3.05, 3.63) is 24.3 Å². The third kappa shape index (κ3) is 3.42. The highest BCUT2D eigenvalue weighted by atomic mass is 16.5. The van der Waals surface area contributed by atoms with Crippen molar-refractivity contribution >= 4 is 5.91 Å². The van der Waals surface area contributed by atoms with Gasteiger partial charge in [-0.1, -0.05) is 12.1 Å². The summed E-state index contributed by atoms with van der Waals surface area (Å²) >= 11 is 0. The summed E-state index contributed by atoms with van der Waals surface area (Å²) in [5.41, 5.74) is 0. The summed E-state index contributed by atoms with van der Waals surface area (Å²) < 4.78 is 10.8. The van der Waals surface area contributed by atoms with E-state index in [1.807, 2.05) is 30.1 Å². The number of benzene rings is 1. The molecule has 1 atom stereocenters. The summed E-state index contributed by atoms with van der Waals surface area (Å²) in [6.07, 6.45) is 2.12. The fraction of sp³-hybridized carbons (Fsp3) is 0.533. The molecule has 1 aliphatic rings. The van der Waals surface area contributed by atoms with Gasteiger partial charge in [-0.2, -0.15) is 0 Å². The number of nitrogens with zero attached hydrogens (tertiary/aromatic N) is 1. The number of likely N-dealkylation sites (tertiary alicyclic amines) is 1. The van der Waals surface area contributed by atoms with Crippen LogP contribution in [0.3, 0.4) is 0 Å². The Hall–Kier alpha value is -1.75. The first-order valence-electron chi connectivity index (χ1n) is 6.96. The summed E-state index contributed by atoms with van der Waals surface area (Å²) in [5, 5.41) is 3.13. The van der Waals surface area contributed by atoms with Crippen LogP contribution in [0.1, 0.15) is 12.8 Å². The zero-order chi connectivity index (χ0) is 14.4. The lowest BCUT2D eigenvalue weighted by molar-refractivity contribution is -0.134. The molecule has 1 fully saturated rings. The third-order valence-corrected chi connectivity index (χ3v) is 3.56. The zero-order valence-electron chi connectivity index (χ0n) is 12.1. The second-order valence-corrected chi connectivity index (χ2v) is 4.88. The maximum Gasteiger partial charge on any atom is 0.260 e.